The summed E-state index contributed by atoms with van der Waals surface area (Å²) >= 11 is 3.40. The van der Waals surface area contributed by atoms with Crippen LogP contribution >= 0.6 is 15.9 Å². The molecule has 1 aliphatic rings. The third kappa shape index (κ3) is 2.54. The highest BCUT2D eigenvalue weighted by Crippen LogP contribution is 2.38. The predicted molar refractivity (Wildman–Crippen MR) is 69.5 cm³/mol. The van der Waals surface area contributed by atoms with E-state index in [1.807, 2.05) is 13.0 Å². The van der Waals surface area contributed by atoms with Crippen LogP contribution in [0.5, 0.6) is 0 Å². The summed E-state index contributed by atoms with van der Waals surface area (Å²) in [6.45, 7) is 6.55. The molecule has 0 saturated heterocycles. The summed E-state index contributed by atoms with van der Waals surface area (Å²) in [6, 6.07) is 2.47. The van der Waals surface area contributed by atoms with E-state index in [2.05, 4.69) is 45.1 Å². The molecule has 16 heavy (non-hydrogen) atoms. The van der Waals surface area contributed by atoms with E-state index in [9.17, 15) is 0 Å². The van der Waals surface area contributed by atoms with E-state index in [1.54, 1.807) is 0 Å². The van der Waals surface area contributed by atoms with Gasteiger partial charge < -0.3 is 5.32 Å². The van der Waals surface area contributed by atoms with Gasteiger partial charge in [-0.1, -0.05) is 20.3 Å². The lowest BCUT2D eigenvalue weighted by Crippen LogP contribution is -2.31. The van der Waals surface area contributed by atoms with Gasteiger partial charge in [-0.3, -0.25) is 0 Å². The van der Waals surface area contributed by atoms with Crippen LogP contribution in [0.4, 0.5) is 5.82 Å². The number of hydrogen-bond donors (Lipinski definition) is 1. The molecule has 88 valence electrons. The molecule has 0 radical (unpaired) electrons. The Balaban J connectivity index is 2.14. The zero-order chi connectivity index (χ0) is 11.8. The van der Waals surface area contributed by atoms with E-state index >= 15 is 0 Å². The van der Waals surface area contributed by atoms with Crippen LogP contribution in [0.2, 0.25) is 0 Å². The Morgan fingerprint density at radius 1 is 1.44 bits per heavy atom. The van der Waals surface area contributed by atoms with Crippen molar-refractivity contribution in [3.05, 3.63) is 16.5 Å². The number of halogens is 1. The van der Waals surface area contributed by atoms with Crippen LogP contribution in [0.15, 0.2) is 10.7 Å². The van der Waals surface area contributed by atoms with Crippen LogP contribution in [-0.4, -0.2) is 16.0 Å². The lowest BCUT2D eigenvalue weighted by Gasteiger charge is -2.28. The molecule has 4 heteroatoms. The molecule has 1 fully saturated rings. The van der Waals surface area contributed by atoms with E-state index in [0.29, 0.717) is 11.5 Å². The second-order valence-electron chi connectivity index (χ2n) is 5.20. The Kier molecular flexibility index (Phi) is 3.19. The molecule has 0 aromatic carbocycles. The van der Waals surface area contributed by atoms with Gasteiger partial charge in [0.15, 0.2) is 0 Å². The summed E-state index contributed by atoms with van der Waals surface area (Å²) < 4.78 is 0.846. The van der Waals surface area contributed by atoms with Crippen molar-refractivity contribution in [2.45, 2.75) is 46.1 Å². The highest BCUT2D eigenvalue weighted by Gasteiger charge is 2.34. The lowest BCUT2D eigenvalue weighted by molar-refractivity contribution is 0.349. The van der Waals surface area contributed by atoms with Gasteiger partial charge in [-0.05, 0) is 41.1 Å². The van der Waals surface area contributed by atoms with Crippen molar-refractivity contribution in [3.8, 4) is 0 Å². The zero-order valence-electron chi connectivity index (χ0n) is 10.0. The van der Waals surface area contributed by atoms with Crippen LogP contribution in [0.25, 0.3) is 0 Å². The van der Waals surface area contributed by atoms with Gasteiger partial charge in [-0.2, -0.15) is 0 Å². The molecular weight excluding hydrogens is 266 g/mol. The van der Waals surface area contributed by atoms with Crippen molar-refractivity contribution in [1.29, 1.82) is 0 Å². The van der Waals surface area contributed by atoms with Crippen LogP contribution in [0.1, 0.15) is 38.9 Å². The molecule has 0 aliphatic heterocycles. The van der Waals surface area contributed by atoms with E-state index in [1.165, 1.54) is 19.3 Å². The second kappa shape index (κ2) is 4.32. The minimum Gasteiger partial charge on any atom is -0.367 e. The van der Waals surface area contributed by atoms with E-state index in [0.717, 1.165) is 16.2 Å². The lowest BCUT2D eigenvalue weighted by atomic mass is 9.87. The van der Waals surface area contributed by atoms with E-state index in [-0.39, 0.29) is 0 Å². The van der Waals surface area contributed by atoms with Crippen molar-refractivity contribution in [3.63, 3.8) is 0 Å². The number of aryl methyl sites for hydroxylation is 1. The molecular formula is C12H18BrN3. The first kappa shape index (κ1) is 11.8. The third-order valence-corrected chi connectivity index (χ3v) is 3.79. The van der Waals surface area contributed by atoms with Gasteiger partial charge in [0.1, 0.15) is 16.2 Å². The molecule has 0 spiro atoms. The smallest absolute Gasteiger partial charge is 0.131 e. The summed E-state index contributed by atoms with van der Waals surface area (Å²) in [5.41, 5.74) is 0.366. The molecule has 1 saturated carbocycles. The topological polar surface area (TPSA) is 37.8 Å². The molecule has 0 bridgehead atoms. The molecule has 1 aliphatic carbocycles. The van der Waals surface area contributed by atoms with Gasteiger partial charge in [0.05, 0.1) is 0 Å². The summed E-state index contributed by atoms with van der Waals surface area (Å²) in [4.78, 5) is 8.62. The van der Waals surface area contributed by atoms with Crippen molar-refractivity contribution >= 4 is 21.7 Å². The quantitative estimate of drug-likeness (QED) is 0.844. The highest BCUT2D eigenvalue weighted by atomic mass is 79.9. The molecule has 3 nitrogen and oxygen atoms in total. The van der Waals surface area contributed by atoms with Gasteiger partial charge in [-0.15, -0.1) is 0 Å². The van der Waals surface area contributed by atoms with Gasteiger partial charge >= 0.3 is 0 Å². The first-order chi connectivity index (χ1) is 7.47. The van der Waals surface area contributed by atoms with Crippen molar-refractivity contribution < 1.29 is 0 Å². The monoisotopic (exact) mass is 283 g/mol. The normalized spacial score (nSPS) is 23.4. The third-order valence-electron chi connectivity index (χ3n) is 3.39. The molecule has 1 atom stereocenters. The fourth-order valence-electron chi connectivity index (χ4n) is 2.38. The van der Waals surface area contributed by atoms with Crippen molar-refractivity contribution in [2.75, 3.05) is 5.32 Å². The fourth-order valence-corrected chi connectivity index (χ4v) is 2.85. The van der Waals surface area contributed by atoms with Crippen LogP contribution in [-0.2, 0) is 0 Å². The molecule has 1 N–H and O–H groups in total. The van der Waals surface area contributed by atoms with Gasteiger partial charge in [0, 0.05) is 12.1 Å². The van der Waals surface area contributed by atoms with Crippen molar-refractivity contribution in [1.82, 2.24) is 9.97 Å². The summed E-state index contributed by atoms with van der Waals surface area (Å²) in [7, 11) is 0. The van der Waals surface area contributed by atoms with E-state index in [4.69, 9.17) is 0 Å². The van der Waals surface area contributed by atoms with Crippen LogP contribution < -0.4 is 5.32 Å². The maximum atomic E-state index is 4.41. The first-order valence-electron chi connectivity index (χ1n) is 5.75. The summed E-state index contributed by atoms with van der Waals surface area (Å²) in [6.07, 6.45) is 3.82. The Bertz CT molecular complexity index is 370. The zero-order valence-corrected chi connectivity index (χ0v) is 11.6. The second-order valence-corrected chi connectivity index (χ2v) is 6.01. The molecule has 1 heterocycles. The molecule has 1 aromatic rings. The van der Waals surface area contributed by atoms with Crippen LogP contribution in [0.3, 0.4) is 0 Å². The maximum Gasteiger partial charge on any atom is 0.131 e. The number of hydrogen-bond acceptors (Lipinski definition) is 3. The molecule has 1 aromatic heterocycles. The predicted octanol–water partition coefficient (Wildman–Crippen LogP) is 3.54. The Morgan fingerprint density at radius 2 is 2.19 bits per heavy atom. The number of aromatic nitrogens is 2. The number of nitrogens with zero attached hydrogens (tertiary/aromatic N) is 2. The van der Waals surface area contributed by atoms with Crippen LogP contribution in [0, 0.1) is 12.3 Å². The largest absolute Gasteiger partial charge is 0.367 e. The van der Waals surface area contributed by atoms with E-state index < -0.39 is 0 Å². The SMILES string of the molecule is Cc1nc(Br)cc(NC2CCCC2(C)C)n1. The molecule has 1 unspecified atom stereocenters. The minimum absolute atomic E-state index is 0.366. The van der Waals surface area contributed by atoms with Crippen molar-refractivity contribution in [2.24, 2.45) is 5.41 Å². The average Bonchev–Trinajstić information content (AvgIpc) is 2.44. The summed E-state index contributed by atoms with van der Waals surface area (Å²) in [5.74, 6) is 1.73. The Hall–Kier alpha value is -0.640. The number of anilines is 1. The van der Waals surface area contributed by atoms with Gasteiger partial charge in [-0.25, -0.2) is 9.97 Å². The fraction of sp³-hybridized carbons (Fsp3) is 0.667. The highest BCUT2D eigenvalue weighted by molar-refractivity contribution is 9.10. The first-order valence-corrected chi connectivity index (χ1v) is 6.54. The van der Waals surface area contributed by atoms with Gasteiger partial charge in [0.2, 0.25) is 0 Å². The Labute approximate surface area is 105 Å². The summed E-state index contributed by atoms with van der Waals surface area (Å²) in [5, 5.41) is 3.53. The van der Waals surface area contributed by atoms with Gasteiger partial charge in [0.25, 0.3) is 0 Å². The minimum atomic E-state index is 0.366. The maximum absolute atomic E-state index is 4.41. The average molecular weight is 284 g/mol. The molecule has 2 rings (SSSR count). The standard InChI is InChI=1S/C12H18BrN3/c1-8-14-10(13)7-11(15-8)16-9-5-4-6-12(9,2)3/h7,9H,4-6H2,1-3H3,(H,14,15,16). The number of nitrogens with one attached hydrogen (secondary N) is 1. The number of rotatable bonds is 2. The molecule has 0 amide bonds. The Morgan fingerprint density at radius 3 is 2.75 bits per heavy atom.